The number of anilines is 1. The van der Waals surface area contributed by atoms with Crippen molar-refractivity contribution in [3.05, 3.63) is 23.8 Å². The number of nitrogens with one attached hydrogen (secondary N) is 2. The predicted molar refractivity (Wildman–Crippen MR) is 72.2 cm³/mol. The Balaban J connectivity index is 2.55. The van der Waals surface area contributed by atoms with Crippen molar-refractivity contribution in [3.8, 4) is 0 Å². The molecule has 0 fully saturated rings. The zero-order chi connectivity index (χ0) is 13.5. The summed E-state index contributed by atoms with van der Waals surface area (Å²) in [4.78, 5) is 22.9. The Bertz CT molecular complexity index is 449. The predicted octanol–water partition coefficient (Wildman–Crippen LogP) is 2.31. The minimum atomic E-state index is -0.934. The normalized spacial score (nSPS) is 9.89. The lowest BCUT2D eigenvalue weighted by Crippen LogP contribution is -2.30. The van der Waals surface area contributed by atoms with E-state index in [0.717, 1.165) is 16.1 Å². The van der Waals surface area contributed by atoms with Crippen LogP contribution in [0.3, 0.4) is 0 Å². The molecule has 0 aliphatic rings. The van der Waals surface area contributed by atoms with Gasteiger partial charge in [-0.25, -0.2) is 4.79 Å². The third kappa shape index (κ3) is 4.67. The number of rotatable bonds is 5. The SMILES string of the molecule is CSc1ccc(C)c(NC(=O)NCCC(=O)O)c1. The summed E-state index contributed by atoms with van der Waals surface area (Å²) in [6.45, 7) is 2.01. The fourth-order valence-corrected chi connectivity index (χ4v) is 1.75. The molecule has 0 aromatic heterocycles. The molecule has 0 heterocycles. The third-order valence-corrected chi connectivity index (χ3v) is 3.04. The Morgan fingerprint density at radius 1 is 1.39 bits per heavy atom. The first kappa shape index (κ1) is 14.4. The molecule has 98 valence electrons. The molecule has 0 radical (unpaired) electrons. The van der Waals surface area contributed by atoms with Crippen LogP contribution in [0.15, 0.2) is 23.1 Å². The van der Waals surface area contributed by atoms with E-state index < -0.39 is 12.0 Å². The molecule has 18 heavy (non-hydrogen) atoms. The molecule has 0 atom stereocenters. The van der Waals surface area contributed by atoms with Gasteiger partial charge in [0.05, 0.1) is 6.42 Å². The van der Waals surface area contributed by atoms with Gasteiger partial charge in [-0.05, 0) is 30.9 Å². The van der Waals surface area contributed by atoms with Crippen LogP contribution in [0.4, 0.5) is 10.5 Å². The van der Waals surface area contributed by atoms with Gasteiger partial charge in [0.1, 0.15) is 0 Å². The number of hydrogen-bond acceptors (Lipinski definition) is 3. The summed E-state index contributed by atoms with van der Waals surface area (Å²) in [5, 5.41) is 13.6. The van der Waals surface area contributed by atoms with Gasteiger partial charge in [-0.2, -0.15) is 0 Å². The Labute approximate surface area is 110 Å². The number of thioether (sulfide) groups is 1. The highest BCUT2D eigenvalue weighted by atomic mass is 32.2. The molecule has 0 bridgehead atoms. The zero-order valence-corrected chi connectivity index (χ0v) is 11.1. The van der Waals surface area contributed by atoms with Crippen LogP contribution in [-0.4, -0.2) is 29.9 Å². The zero-order valence-electron chi connectivity index (χ0n) is 10.3. The topological polar surface area (TPSA) is 78.4 Å². The highest BCUT2D eigenvalue weighted by Crippen LogP contribution is 2.22. The monoisotopic (exact) mass is 268 g/mol. The number of carboxylic acids is 1. The second-order valence-electron chi connectivity index (χ2n) is 3.71. The van der Waals surface area contributed by atoms with Crippen LogP contribution in [-0.2, 0) is 4.79 Å². The van der Waals surface area contributed by atoms with Gasteiger partial charge in [-0.3, -0.25) is 4.79 Å². The van der Waals surface area contributed by atoms with E-state index in [4.69, 9.17) is 5.11 Å². The van der Waals surface area contributed by atoms with Crippen molar-refractivity contribution in [2.45, 2.75) is 18.2 Å². The van der Waals surface area contributed by atoms with Crippen molar-refractivity contribution in [2.75, 3.05) is 18.1 Å². The number of amides is 2. The molecule has 1 rings (SSSR count). The molecular weight excluding hydrogens is 252 g/mol. The van der Waals surface area contributed by atoms with Crippen molar-refractivity contribution < 1.29 is 14.7 Å². The van der Waals surface area contributed by atoms with E-state index in [2.05, 4.69) is 10.6 Å². The molecule has 0 aliphatic carbocycles. The molecule has 0 spiro atoms. The van der Waals surface area contributed by atoms with Crippen LogP contribution in [0.2, 0.25) is 0 Å². The number of urea groups is 1. The lowest BCUT2D eigenvalue weighted by Gasteiger charge is -2.10. The Kier molecular flexibility index (Phi) is 5.51. The van der Waals surface area contributed by atoms with E-state index in [1.165, 1.54) is 0 Å². The summed E-state index contributed by atoms with van der Waals surface area (Å²) < 4.78 is 0. The Morgan fingerprint density at radius 2 is 2.11 bits per heavy atom. The van der Waals surface area contributed by atoms with Gasteiger partial charge in [-0.15, -0.1) is 11.8 Å². The quantitative estimate of drug-likeness (QED) is 0.716. The first-order valence-electron chi connectivity index (χ1n) is 5.44. The number of aliphatic carboxylic acids is 1. The Hall–Kier alpha value is -1.69. The average Bonchev–Trinajstić information content (AvgIpc) is 2.31. The van der Waals surface area contributed by atoms with Gasteiger partial charge in [0.15, 0.2) is 0 Å². The summed E-state index contributed by atoms with van der Waals surface area (Å²) in [5.74, 6) is -0.934. The van der Waals surface area contributed by atoms with Gasteiger partial charge in [0, 0.05) is 17.1 Å². The van der Waals surface area contributed by atoms with Crippen LogP contribution in [0.25, 0.3) is 0 Å². The first-order valence-corrected chi connectivity index (χ1v) is 6.66. The van der Waals surface area contributed by atoms with Crippen molar-refractivity contribution >= 4 is 29.4 Å². The lowest BCUT2D eigenvalue weighted by atomic mass is 10.2. The van der Waals surface area contributed by atoms with Gasteiger partial charge in [0.2, 0.25) is 0 Å². The molecular formula is C12H16N2O3S. The number of carbonyl (C=O) groups is 2. The molecule has 6 heteroatoms. The van der Waals surface area contributed by atoms with E-state index in [1.807, 2.05) is 31.4 Å². The van der Waals surface area contributed by atoms with Crippen LogP contribution in [0.5, 0.6) is 0 Å². The van der Waals surface area contributed by atoms with E-state index >= 15 is 0 Å². The van der Waals surface area contributed by atoms with E-state index in [1.54, 1.807) is 11.8 Å². The summed E-state index contributed by atoms with van der Waals surface area (Å²) >= 11 is 1.59. The molecule has 3 N–H and O–H groups in total. The average molecular weight is 268 g/mol. The second kappa shape index (κ2) is 6.90. The second-order valence-corrected chi connectivity index (χ2v) is 4.59. The minimum absolute atomic E-state index is 0.0861. The lowest BCUT2D eigenvalue weighted by molar-refractivity contribution is -0.136. The molecule has 1 aromatic carbocycles. The summed E-state index contributed by atoms with van der Waals surface area (Å²) in [7, 11) is 0. The van der Waals surface area contributed by atoms with Crippen LogP contribution >= 0.6 is 11.8 Å². The minimum Gasteiger partial charge on any atom is -0.481 e. The van der Waals surface area contributed by atoms with Crippen molar-refractivity contribution in [2.24, 2.45) is 0 Å². The van der Waals surface area contributed by atoms with Gasteiger partial charge >= 0.3 is 12.0 Å². The third-order valence-electron chi connectivity index (χ3n) is 2.32. The number of carboxylic acid groups (broad SMARTS) is 1. The maximum Gasteiger partial charge on any atom is 0.319 e. The molecule has 2 amide bonds. The number of aryl methyl sites for hydroxylation is 1. The van der Waals surface area contributed by atoms with Crippen molar-refractivity contribution in [1.82, 2.24) is 5.32 Å². The summed E-state index contributed by atoms with van der Waals surface area (Å²) in [6, 6.07) is 5.40. The van der Waals surface area contributed by atoms with Crippen LogP contribution in [0, 0.1) is 6.92 Å². The maximum atomic E-state index is 11.5. The Morgan fingerprint density at radius 3 is 2.72 bits per heavy atom. The molecule has 0 saturated heterocycles. The molecule has 0 aliphatic heterocycles. The molecule has 5 nitrogen and oxygen atoms in total. The van der Waals surface area contributed by atoms with Gasteiger partial charge in [0.25, 0.3) is 0 Å². The van der Waals surface area contributed by atoms with E-state index in [9.17, 15) is 9.59 Å². The summed E-state index contributed by atoms with van der Waals surface area (Å²) in [6.07, 6.45) is 1.87. The maximum absolute atomic E-state index is 11.5. The number of carbonyl (C=O) groups excluding carboxylic acids is 1. The van der Waals surface area contributed by atoms with E-state index in [0.29, 0.717) is 0 Å². The highest BCUT2D eigenvalue weighted by Gasteiger charge is 2.05. The standard InChI is InChI=1S/C12H16N2O3S/c1-8-3-4-9(18-2)7-10(8)14-12(17)13-6-5-11(15)16/h3-4,7H,5-6H2,1-2H3,(H,15,16)(H2,13,14,17). The largest absolute Gasteiger partial charge is 0.481 e. The number of hydrogen-bond donors (Lipinski definition) is 3. The molecule has 1 aromatic rings. The molecule has 0 unspecified atom stereocenters. The molecule has 0 saturated carbocycles. The highest BCUT2D eigenvalue weighted by molar-refractivity contribution is 7.98. The van der Waals surface area contributed by atoms with Gasteiger partial charge in [-0.1, -0.05) is 6.07 Å². The van der Waals surface area contributed by atoms with Gasteiger partial charge < -0.3 is 15.7 Å². The summed E-state index contributed by atoms with van der Waals surface area (Å²) in [5.41, 5.74) is 1.69. The van der Waals surface area contributed by atoms with E-state index in [-0.39, 0.29) is 13.0 Å². The fraction of sp³-hybridized carbons (Fsp3) is 0.333. The van der Waals surface area contributed by atoms with Crippen LogP contribution < -0.4 is 10.6 Å². The smallest absolute Gasteiger partial charge is 0.319 e. The van der Waals surface area contributed by atoms with Crippen LogP contribution in [0.1, 0.15) is 12.0 Å². The fourth-order valence-electron chi connectivity index (χ4n) is 1.31. The van der Waals surface area contributed by atoms with Crippen molar-refractivity contribution in [3.63, 3.8) is 0 Å². The first-order chi connectivity index (χ1) is 8.52. The number of benzene rings is 1. The van der Waals surface area contributed by atoms with Crippen molar-refractivity contribution in [1.29, 1.82) is 0 Å².